The second kappa shape index (κ2) is 7.53. The molecule has 2 aromatic carbocycles. The number of ketones is 1. The van der Waals surface area contributed by atoms with Crippen molar-refractivity contribution >= 4 is 16.7 Å². The van der Waals surface area contributed by atoms with Crippen LogP contribution in [0.5, 0.6) is 17.2 Å². The molecule has 3 aromatic rings. The van der Waals surface area contributed by atoms with Gasteiger partial charge in [-0.2, -0.15) is 0 Å². The Kier molecular flexibility index (Phi) is 4.93. The number of fused-ring (bicyclic) bond motifs is 1. The van der Waals surface area contributed by atoms with E-state index in [-0.39, 0.29) is 18.0 Å². The van der Waals surface area contributed by atoms with Crippen LogP contribution in [0.15, 0.2) is 42.6 Å². The Bertz CT molecular complexity index is 989. The van der Waals surface area contributed by atoms with Gasteiger partial charge in [-0.3, -0.25) is 15.4 Å². The SMILES string of the molecule is COc1cc(C(=O)C2CNC(c3cccc4[nH]ccc34)N2)cc(OC)c1OC. The van der Waals surface area contributed by atoms with Gasteiger partial charge in [0.2, 0.25) is 5.75 Å². The smallest absolute Gasteiger partial charge is 0.203 e. The summed E-state index contributed by atoms with van der Waals surface area (Å²) in [6.45, 7) is 0.529. The first-order chi connectivity index (χ1) is 13.7. The largest absolute Gasteiger partial charge is 0.493 e. The molecule has 0 radical (unpaired) electrons. The Morgan fingerprint density at radius 2 is 1.79 bits per heavy atom. The Morgan fingerprint density at radius 3 is 2.46 bits per heavy atom. The number of aromatic nitrogens is 1. The molecule has 4 rings (SSSR count). The Hall–Kier alpha value is -3.03. The number of aromatic amines is 1. The van der Waals surface area contributed by atoms with Crippen molar-refractivity contribution in [1.29, 1.82) is 0 Å². The normalized spacial score (nSPS) is 19.0. The van der Waals surface area contributed by atoms with Crippen molar-refractivity contribution in [2.45, 2.75) is 12.2 Å². The fourth-order valence-electron chi connectivity index (χ4n) is 3.71. The van der Waals surface area contributed by atoms with E-state index in [0.29, 0.717) is 29.4 Å². The molecule has 2 unspecified atom stereocenters. The molecule has 0 spiro atoms. The van der Waals surface area contributed by atoms with E-state index >= 15 is 0 Å². The first-order valence-corrected chi connectivity index (χ1v) is 9.06. The number of H-pyrrole nitrogens is 1. The minimum Gasteiger partial charge on any atom is -0.493 e. The summed E-state index contributed by atoms with van der Waals surface area (Å²) in [5.74, 6) is 1.36. The summed E-state index contributed by atoms with van der Waals surface area (Å²) in [5, 5.41) is 7.94. The summed E-state index contributed by atoms with van der Waals surface area (Å²) in [5.41, 5.74) is 2.69. The van der Waals surface area contributed by atoms with Crippen molar-refractivity contribution in [3.8, 4) is 17.2 Å². The van der Waals surface area contributed by atoms with Gasteiger partial charge in [0.1, 0.15) is 0 Å². The molecule has 0 bridgehead atoms. The van der Waals surface area contributed by atoms with E-state index < -0.39 is 0 Å². The van der Waals surface area contributed by atoms with Gasteiger partial charge >= 0.3 is 0 Å². The van der Waals surface area contributed by atoms with Crippen LogP contribution in [0.2, 0.25) is 0 Å². The molecular formula is C21H23N3O4. The van der Waals surface area contributed by atoms with Crippen LogP contribution in [0.4, 0.5) is 0 Å². The molecule has 1 aliphatic rings. The molecule has 7 nitrogen and oxygen atoms in total. The van der Waals surface area contributed by atoms with Crippen molar-refractivity contribution in [3.05, 3.63) is 53.7 Å². The van der Waals surface area contributed by atoms with E-state index in [2.05, 4.69) is 21.7 Å². The molecule has 146 valence electrons. The van der Waals surface area contributed by atoms with Crippen molar-refractivity contribution in [2.75, 3.05) is 27.9 Å². The topological polar surface area (TPSA) is 84.6 Å². The minimum absolute atomic E-state index is 0.0319. The summed E-state index contributed by atoms with van der Waals surface area (Å²) in [6.07, 6.45) is 1.82. The highest BCUT2D eigenvalue weighted by Gasteiger charge is 2.32. The fraction of sp³-hybridized carbons (Fsp3) is 0.286. The van der Waals surface area contributed by atoms with Gasteiger partial charge in [0, 0.05) is 29.2 Å². The lowest BCUT2D eigenvalue weighted by Crippen LogP contribution is -2.34. The Morgan fingerprint density at radius 1 is 1.04 bits per heavy atom. The molecule has 2 heterocycles. The minimum atomic E-state index is -0.359. The second-order valence-electron chi connectivity index (χ2n) is 6.62. The zero-order valence-corrected chi connectivity index (χ0v) is 16.0. The Balaban J connectivity index is 1.59. The summed E-state index contributed by atoms with van der Waals surface area (Å²) in [4.78, 5) is 16.3. The molecule has 0 amide bonds. The first-order valence-electron chi connectivity index (χ1n) is 9.06. The maximum atomic E-state index is 13.1. The number of nitrogens with one attached hydrogen (secondary N) is 3. The van der Waals surface area contributed by atoms with Crippen molar-refractivity contribution < 1.29 is 19.0 Å². The number of ether oxygens (including phenoxy) is 3. The zero-order valence-electron chi connectivity index (χ0n) is 16.0. The fourth-order valence-corrected chi connectivity index (χ4v) is 3.71. The summed E-state index contributed by atoms with van der Waals surface area (Å²) in [7, 11) is 4.61. The number of hydrogen-bond acceptors (Lipinski definition) is 6. The molecule has 3 N–H and O–H groups in total. The molecule has 1 aromatic heterocycles. The third-order valence-electron chi connectivity index (χ3n) is 5.10. The second-order valence-corrected chi connectivity index (χ2v) is 6.62. The van der Waals surface area contributed by atoms with Crippen molar-refractivity contribution in [2.24, 2.45) is 0 Å². The van der Waals surface area contributed by atoms with Crippen LogP contribution >= 0.6 is 0 Å². The highest BCUT2D eigenvalue weighted by molar-refractivity contribution is 6.01. The van der Waals surface area contributed by atoms with Gasteiger partial charge in [-0.05, 0) is 29.8 Å². The molecule has 0 saturated carbocycles. The standard InChI is InChI=1S/C21H23N3O4/c1-26-17-9-12(10-18(27-2)20(17)28-3)19(25)16-11-23-21(24-16)14-5-4-6-15-13(14)7-8-22-15/h4-10,16,21-24H,11H2,1-3H3. The zero-order chi connectivity index (χ0) is 19.7. The maximum Gasteiger partial charge on any atom is 0.203 e. The van der Waals surface area contributed by atoms with Crippen LogP contribution in [0, 0.1) is 0 Å². The van der Waals surface area contributed by atoms with E-state index in [4.69, 9.17) is 14.2 Å². The monoisotopic (exact) mass is 381 g/mol. The lowest BCUT2D eigenvalue weighted by atomic mass is 10.0. The number of carbonyl (C=O) groups is 1. The van der Waals surface area contributed by atoms with Gasteiger partial charge in [0.25, 0.3) is 0 Å². The molecule has 7 heteroatoms. The summed E-state index contributed by atoms with van der Waals surface area (Å²) < 4.78 is 16.1. The number of Topliss-reactive ketones (excluding diaryl/α,β-unsaturated/α-hetero) is 1. The maximum absolute atomic E-state index is 13.1. The highest BCUT2D eigenvalue weighted by atomic mass is 16.5. The summed E-state index contributed by atoms with van der Waals surface area (Å²) in [6, 6.07) is 11.2. The van der Waals surface area contributed by atoms with Gasteiger partial charge < -0.3 is 19.2 Å². The average molecular weight is 381 g/mol. The van der Waals surface area contributed by atoms with Crippen LogP contribution in [-0.2, 0) is 0 Å². The number of benzene rings is 2. The number of rotatable bonds is 6. The van der Waals surface area contributed by atoms with Gasteiger partial charge in [0.15, 0.2) is 17.3 Å². The molecular weight excluding hydrogens is 358 g/mol. The number of methoxy groups -OCH3 is 3. The lowest BCUT2D eigenvalue weighted by molar-refractivity contribution is 0.0954. The van der Waals surface area contributed by atoms with E-state index in [1.54, 1.807) is 12.1 Å². The predicted molar refractivity (Wildman–Crippen MR) is 106 cm³/mol. The van der Waals surface area contributed by atoms with E-state index in [0.717, 1.165) is 16.5 Å². The van der Waals surface area contributed by atoms with Crippen LogP contribution in [0.25, 0.3) is 10.9 Å². The molecule has 2 atom stereocenters. The third-order valence-corrected chi connectivity index (χ3v) is 5.10. The lowest BCUT2D eigenvalue weighted by Gasteiger charge is -2.16. The van der Waals surface area contributed by atoms with E-state index in [1.165, 1.54) is 21.3 Å². The molecule has 1 saturated heterocycles. The third kappa shape index (κ3) is 3.08. The van der Waals surface area contributed by atoms with Gasteiger partial charge in [-0.15, -0.1) is 0 Å². The van der Waals surface area contributed by atoms with Crippen LogP contribution in [0.3, 0.4) is 0 Å². The molecule has 28 heavy (non-hydrogen) atoms. The molecule has 0 aliphatic carbocycles. The van der Waals surface area contributed by atoms with Crippen molar-refractivity contribution in [1.82, 2.24) is 15.6 Å². The van der Waals surface area contributed by atoms with Gasteiger partial charge in [-0.1, -0.05) is 12.1 Å². The van der Waals surface area contributed by atoms with Crippen LogP contribution in [-0.4, -0.2) is 44.7 Å². The number of carbonyl (C=O) groups excluding carboxylic acids is 1. The van der Waals surface area contributed by atoms with E-state index in [9.17, 15) is 4.79 Å². The highest BCUT2D eigenvalue weighted by Crippen LogP contribution is 2.38. The summed E-state index contributed by atoms with van der Waals surface area (Å²) >= 11 is 0. The van der Waals surface area contributed by atoms with Crippen molar-refractivity contribution in [3.63, 3.8) is 0 Å². The first kappa shape index (κ1) is 18.3. The van der Waals surface area contributed by atoms with Crippen LogP contribution in [0.1, 0.15) is 22.1 Å². The quantitative estimate of drug-likeness (QED) is 0.569. The predicted octanol–water partition coefficient (Wildman–Crippen LogP) is 2.64. The van der Waals surface area contributed by atoms with Gasteiger partial charge in [-0.25, -0.2) is 0 Å². The average Bonchev–Trinajstić information content (AvgIpc) is 3.41. The Labute approximate surface area is 163 Å². The number of hydrogen-bond donors (Lipinski definition) is 3. The van der Waals surface area contributed by atoms with Gasteiger partial charge in [0.05, 0.1) is 33.5 Å². The van der Waals surface area contributed by atoms with E-state index in [1.807, 2.05) is 24.4 Å². The molecule has 1 aliphatic heterocycles. The van der Waals surface area contributed by atoms with Crippen LogP contribution < -0.4 is 24.8 Å². The molecule has 1 fully saturated rings.